The van der Waals surface area contributed by atoms with E-state index in [-0.39, 0.29) is 5.54 Å². The predicted molar refractivity (Wildman–Crippen MR) is 78.5 cm³/mol. The average molecular weight is 253 g/mol. The summed E-state index contributed by atoms with van der Waals surface area (Å²) >= 11 is 0. The van der Waals surface area contributed by atoms with E-state index < -0.39 is 0 Å². The number of hydrogen-bond donors (Lipinski definition) is 1. The summed E-state index contributed by atoms with van der Waals surface area (Å²) < 4.78 is 0. The molecule has 18 heavy (non-hydrogen) atoms. The molecule has 0 rings (SSSR count). The van der Waals surface area contributed by atoms with Crippen LogP contribution in [0.1, 0.15) is 53.4 Å². The van der Waals surface area contributed by atoms with Crippen LogP contribution in [-0.2, 0) is 0 Å². The van der Waals surface area contributed by atoms with E-state index in [4.69, 9.17) is 0 Å². The van der Waals surface area contributed by atoms with E-state index in [1.54, 1.807) is 0 Å². The molecule has 1 N–H and O–H groups in total. The van der Waals surface area contributed by atoms with Gasteiger partial charge in [-0.15, -0.1) is 0 Å². The first kappa shape index (κ1) is 17.4. The van der Waals surface area contributed by atoms with Crippen molar-refractivity contribution < 1.29 is 0 Å². The van der Waals surface area contributed by atoms with Crippen molar-refractivity contribution in [3.63, 3.8) is 0 Å². The third kappa shape index (κ3) is 5.84. The maximum absolute atomic E-state index is 9.24. The number of nitriles is 1. The fourth-order valence-electron chi connectivity index (χ4n) is 2.38. The molecule has 0 aromatic heterocycles. The summed E-state index contributed by atoms with van der Waals surface area (Å²) in [4.78, 5) is 2.41. The highest BCUT2D eigenvalue weighted by atomic mass is 15.1. The molecule has 0 aromatic rings. The van der Waals surface area contributed by atoms with Crippen LogP contribution in [0, 0.1) is 17.2 Å². The van der Waals surface area contributed by atoms with E-state index in [9.17, 15) is 5.26 Å². The lowest BCUT2D eigenvalue weighted by Crippen LogP contribution is -2.41. The molecule has 0 saturated carbocycles. The zero-order chi connectivity index (χ0) is 14.2. The van der Waals surface area contributed by atoms with E-state index in [2.05, 4.69) is 51.0 Å². The largest absolute Gasteiger partial charge is 0.304 e. The van der Waals surface area contributed by atoms with Crippen LogP contribution in [-0.4, -0.2) is 37.1 Å². The zero-order valence-electron chi connectivity index (χ0n) is 13.1. The molecule has 106 valence electrons. The first-order chi connectivity index (χ1) is 8.40. The van der Waals surface area contributed by atoms with E-state index >= 15 is 0 Å². The minimum Gasteiger partial charge on any atom is -0.304 e. The summed E-state index contributed by atoms with van der Waals surface area (Å²) in [6.07, 6.45) is 4.10. The summed E-state index contributed by atoms with van der Waals surface area (Å²) in [5.74, 6) is 0.744. The van der Waals surface area contributed by atoms with Crippen molar-refractivity contribution in [1.29, 1.82) is 5.26 Å². The van der Waals surface area contributed by atoms with Crippen molar-refractivity contribution in [3.8, 4) is 6.07 Å². The van der Waals surface area contributed by atoms with Crippen molar-refractivity contribution in [2.24, 2.45) is 5.92 Å². The van der Waals surface area contributed by atoms with Crippen molar-refractivity contribution >= 4 is 0 Å². The predicted octanol–water partition coefficient (Wildman–Crippen LogP) is 3.02. The molecule has 0 aliphatic carbocycles. The molecule has 0 radical (unpaired) electrons. The summed E-state index contributed by atoms with van der Waals surface area (Å²) in [5, 5.41) is 12.4. The molecule has 0 aromatic carbocycles. The van der Waals surface area contributed by atoms with Gasteiger partial charge in [-0.05, 0) is 59.2 Å². The zero-order valence-corrected chi connectivity index (χ0v) is 13.1. The Labute approximate surface area is 114 Å². The van der Waals surface area contributed by atoms with Gasteiger partial charge < -0.3 is 10.2 Å². The maximum Gasteiger partial charge on any atom is 0.106 e. The Morgan fingerprint density at radius 3 is 2.33 bits per heavy atom. The van der Waals surface area contributed by atoms with Gasteiger partial charge in [0.05, 0.1) is 6.07 Å². The smallest absolute Gasteiger partial charge is 0.106 e. The molecular formula is C15H31N3. The van der Waals surface area contributed by atoms with Gasteiger partial charge in [-0.3, -0.25) is 0 Å². The van der Waals surface area contributed by atoms with Gasteiger partial charge in [0.2, 0.25) is 0 Å². The third-order valence-corrected chi connectivity index (χ3v) is 3.98. The highest BCUT2D eigenvalue weighted by molar-refractivity contribution is 5.05. The Morgan fingerprint density at radius 2 is 1.94 bits per heavy atom. The fourth-order valence-corrected chi connectivity index (χ4v) is 2.38. The third-order valence-electron chi connectivity index (χ3n) is 3.98. The molecule has 0 heterocycles. The topological polar surface area (TPSA) is 39.1 Å². The maximum atomic E-state index is 9.24. The number of hydrogen-bond acceptors (Lipinski definition) is 3. The highest BCUT2D eigenvalue weighted by Crippen LogP contribution is 2.17. The SMILES string of the molecule is CCC(C#N)(CCCN(C)C(C)CC(C)C)NC. The van der Waals surface area contributed by atoms with Gasteiger partial charge in [-0.1, -0.05) is 20.8 Å². The first-order valence-electron chi connectivity index (χ1n) is 7.21. The Morgan fingerprint density at radius 1 is 1.33 bits per heavy atom. The van der Waals surface area contributed by atoms with Crippen molar-refractivity contribution in [2.75, 3.05) is 20.6 Å². The number of nitrogens with zero attached hydrogens (tertiary/aromatic N) is 2. The van der Waals surface area contributed by atoms with Crippen molar-refractivity contribution in [1.82, 2.24) is 10.2 Å². The lowest BCUT2D eigenvalue weighted by atomic mass is 9.92. The molecule has 2 atom stereocenters. The highest BCUT2D eigenvalue weighted by Gasteiger charge is 2.25. The lowest BCUT2D eigenvalue weighted by molar-refractivity contribution is 0.217. The van der Waals surface area contributed by atoms with Crippen LogP contribution in [0.15, 0.2) is 0 Å². The molecule has 3 nitrogen and oxygen atoms in total. The minimum absolute atomic E-state index is 0.331. The van der Waals surface area contributed by atoms with Gasteiger partial charge in [-0.25, -0.2) is 0 Å². The second-order valence-electron chi connectivity index (χ2n) is 5.86. The Hall–Kier alpha value is -0.590. The second-order valence-corrected chi connectivity index (χ2v) is 5.86. The molecule has 0 saturated heterocycles. The van der Waals surface area contributed by atoms with Crippen molar-refractivity contribution in [3.05, 3.63) is 0 Å². The monoisotopic (exact) mass is 253 g/mol. The van der Waals surface area contributed by atoms with E-state index in [0.29, 0.717) is 6.04 Å². The normalized spacial score (nSPS) is 16.6. The minimum atomic E-state index is -0.331. The standard InChI is InChI=1S/C15H31N3/c1-7-15(12-16,17-5)9-8-10-18(6)14(4)11-13(2)3/h13-14,17H,7-11H2,1-6H3. The average Bonchev–Trinajstić information content (AvgIpc) is 2.34. The number of rotatable bonds is 9. The lowest BCUT2D eigenvalue weighted by Gasteiger charge is -2.29. The molecule has 0 aliphatic heterocycles. The van der Waals surface area contributed by atoms with Gasteiger partial charge >= 0.3 is 0 Å². The van der Waals surface area contributed by atoms with Crippen molar-refractivity contribution in [2.45, 2.75) is 65.0 Å². The Bertz CT molecular complexity index is 251. The fraction of sp³-hybridized carbons (Fsp3) is 0.933. The quantitative estimate of drug-likeness (QED) is 0.686. The molecule has 2 unspecified atom stereocenters. The summed E-state index contributed by atoms with van der Waals surface area (Å²) in [7, 11) is 4.07. The van der Waals surface area contributed by atoms with E-state index in [0.717, 1.165) is 31.7 Å². The molecule has 0 spiro atoms. The van der Waals surface area contributed by atoms with Crippen LogP contribution in [0.4, 0.5) is 0 Å². The molecule has 0 amide bonds. The van der Waals surface area contributed by atoms with Crippen LogP contribution in [0.2, 0.25) is 0 Å². The summed E-state index contributed by atoms with van der Waals surface area (Å²) in [5.41, 5.74) is -0.331. The summed E-state index contributed by atoms with van der Waals surface area (Å²) in [6, 6.07) is 3.04. The second kappa shape index (κ2) is 8.50. The molecular weight excluding hydrogens is 222 g/mol. The van der Waals surface area contributed by atoms with Gasteiger partial charge in [0.15, 0.2) is 0 Å². The molecule has 3 heteroatoms. The van der Waals surface area contributed by atoms with Gasteiger partial charge in [0.1, 0.15) is 5.54 Å². The van der Waals surface area contributed by atoms with E-state index in [1.807, 2.05) is 7.05 Å². The molecule has 0 fully saturated rings. The van der Waals surface area contributed by atoms with Crippen LogP contribution >= 0.6 is 0 Å². The Balaban J connectivity index is 4.07. The molecule has 0 bridgehead atoms. The number of nitrogens with one attached hydrogen (secondary N) is 1. The van der Waals surface area contributed by atoms with Crippen LogP contribution in [0.5, 0.6) is 0 Å². The van der Waals surface area contributed by atoms with Gasteiger partial charge in [0, 0.05) is 6.04 Å². The molecule has 0 aliphatic rings. The van der Waals surface area contributed by atoms with E-state index in [1.165, 1.54) is 6.42 Å². The van der Waals surface area contributed by atoms with Crippen LogP contribution in [0.25, 0.3) is 0 Å². The Kier molecular flexibility index (Phi) is 8.22. The first-order valence-corrected chi connectivity index (χ1v) is 7.21. The van der Waals surface area contributed by atoms with Crippen LogP contribution in [0.3, 0.4) is 0 Å². The van der Waals surface area contributed by atoms with Crippen LogP contribution < -0.4 is 5.32 Å². The summed E-state index contributed by atoms with van der Waals surface area (Å²) in [6.45, 7) is 9.96. The van der Waals surface area contributed by atoms with Gasteiger partial charge in [0.25, 0.3) is 0 Å². The van der Waals surface area contributed by atoms with Gasteiger partial charge in [-0.2, -0.15) is 5.26 Å².